The molecule has 9 N–H and O–H groups in total. The number of carbonyl (C=O) groups is 5. The fourth-order valence-corrected chi connectivity index (χ4v) is 2.70. The average Bonchev–Trinajstić information content (AvgIpc) is 2.76. The Bertz CT molecular complexity index is 974. The highest BCUT2D eigenvalue weighted by molar-refractivity contribution is 6.11. The second-order valence-electron chi connectivity index (χ2n) is 6.89. The van der Waals surface area contributed by atoms with Crippen LogP contribution in [0.5, 0.6) is 5.75 Å². The number of amides is 5. The molecule has 0 heterocycles. The fourth-order valence-electron chi connectivity index (χ4n) is 2.70. The fraction of sp³-hybridized carbons (Fsp3) is 0.227. The predicted octanol–water partition coefficient (Wildman–Crippen LogP) is -0.737. The van der Waals surface area contributed by atoms with Gasteiger partial charge in [-0.3, -0.25) is 24.5 Å². The molecule has 0 aliphatic heterocycles. The van der Waals surface area contributed by atoms with Crippen LogP contribution < -0.4 is 32.6 Å². The van der Waals surface area contributed by atoms with E-state index in [-0.39, 0.29) is 26.0 Å². The topological polar surface area (TPSA) is 217 Å². The van der Waals surface area contributed by atoms with Crippen molar-refractivity contribution >= 4 is 29.7 Å². The average molecular weight is 473 g/mol. The molecule has 0 spiro atoms. The molecule has 182 valence electrons. The number of primary amides is 3. The van der Waals surface area contributed by atoms with Crippen molar-refractivity contribution in [2.45, 2.75) is 18.4 Å². The maximum atomic E-state index is 12.7. The number of carboxylic acid groups (broad SMARTS) is 1. The van der Waals surface area contributed by atoms with Crippen molar-refractivity contribution in [2.24, 2.45) is 17.2 Å². The number of rotatable bonds is 11. The van der Waals surface area contributed by atoms with E-state index in [9.17, 15) is 24.0 Å². The smallest absolute Gasteiger partial charge is 0.405 e. The van der Waals surface area contributed by atoms with E-state index in [0.29, 0.717) is 11.3 Å². The summed E-state index contributed by atoms with van der Waals surface area (Å²) >= 11 is 0. The van der Waals surface area contributed by atoms with E-state index in [1.807, 2.05) is 23.5 Å². The second kappa shape index (κ2) is 13.7. The molecule has 0 fully saturated rings. The number of nitrogens with two attached hydrogens (primary N) is 3. The molecule has 0 aromatic heterocycles. The Morgan fingerprint density at radius 2 is 1.38 bits per heavy atom. The van der Waals surface area contributed by atoms with E-state index in [2.05, 4.69) is 16.8 Å². The zero-order valence-electron chi connectivity index (χ0n) is 18.2. The third-order valence-corrected chi connectivity index (χ3v) is 4.19. The highest BCUT2D eigenvalue weighted by Crippen LogP contribution is 2.15. The maximum Gasteiger partial charge on any atom is 0.405 e. The minimum atomic E-state index is -2.13. The number of hydrogen-bond acceptors (Lipinski definition) is 6. The van der Waals surface area contributed by atoms with Crippen molar-refractivity contribution in [1.82, 2.24) is 10.6 Å². The van der Waals surface area contributed by atoms with Gasteiger partial charge in [0.05, 0.1) is 6.54 Å². The standard InChI is InChI=1S/C19H21N3O5.C3H6N2O2/c20-16(23)19(22-18(25)26,13-14-7-3-1-4-8-14)17(24)21-11-12-27-15-9-5-2-6-10-15;4-2(6)1-3(5)7/h1-10,22H,11-13H2,(H2,20,23)(H,21,24)(H,25,26);1H2,(H2,4,6)(H2,5,7). The first-order valence-corrected chi connectivity index (χ1v) is 9.94. The Morgan fingerprint density at radius 1 is 0.853 bits per heavy atom. The zero-order valence-corrected chi connectivity index (χ0v) is 18.2. The van der Waals surface area contributed by atoms with Crippen LogP contribution in [0.2, 0.25) is 0 Å². The van der Waals surface area contributed by atoms with Gasteiger partial charge in [0.2, 0.25) is 17.4 Å². The largest absolute Gasteiger partial charge is 0.492 e. The summed E-state index contributed by atoms with van der Waals surface area (Å²) in [7, 11) is 0. The van der Waals surface area contributed by atoms with Gasteiger partial charge >= 0.3 is 6.09 Å². The molecule has 1 atom stereocenters. The van der Waals surface area contributed by atoms with Crippen LogP contribution in [0.25, 0.3) is 0 Å². The first kappa shape index (κ1) is 27.4. The molecule has 2 aromatic rings. The zero-order chi connectivity index (χ0) is 25.6. The molecule has 5 amide bonds. The molecular weight excluding hydrogens is 446 g/mol. The number of hydrogen-bond donors (Lipinski definition) is 6. The Balaban J connectivity index is 0.000000718. The number of ether oxygens (including phenoxy) is 1. The minimum absolute atomic E-state index is 0.0683. The Labute approximate surface area is 195 Å². The maximum absolute atomic E-state index is 12.7. The number of nitrogens with one attached hydrogen (secondary N) is 2. The van der Waals surface area contributed by atoms with E-state index >= 15 is 0 Å². The lowest BCUT2D eigenvalue weighted by Crippen LogP contribution is -2.67. The van der Waals surface area contributed by atoms with Gasteiger partial charge in [-0.25, -0.2) is 4.79 Å². The number of benzene rings is 2. The Kier molecular flexibility index (Phi) is 11.1. The quantitative estimate of drug-likeness (QED) is 0.181. The molecule has 12 heteroatoms. The molecule has 2 rings (SSSR count). The van der Waals surface area contributed by atoms with Gasteiger partial charge in [0, 0.05) is 6.42 Å². The van der Waals surface area contributed by atoms with Gasteiger partial charge in [-0.1, -0.05) is 48.5 Å². The summed E-state index contributed by atoms with van der Waals surface area (Å²) in [4.78, 5) is 55.4. The molecule has 12 nitrogen and oxygen atoms in total. The Morgan fingerprint density at radius 3 is 1.82 bits per heavy atom. The lowest BCUT2D eigenvalue weighted by molar-refractivity contribution is -0.137. The van der Waals surface area contributed by atoms with Crippen LogP contribution in [-0.2, 0) is 25.6 Å². The summed E-state index contributed by atoms with van der Waals surface area (Å²) in [5.41, 5.74) is 13.0. The van der Waals surface area contributed by atoms with E-state index in [0.717, 1.165) is 0 Å². The van der Waals surface area contributed by atoms with Crippen LogP contribution in [0, 0.1) is 0 Å². The van der Waals surface area contributed by atoms with Crippen molar-refractivity contribution in [2.75, 3.05) is 13.2 Å². The first-order chi connectivity index (χ1) is 16.1. The summed E-state index contributed by atoms with van der Waals surface area (Å²) in [5, 5.41) is 13.6. The molecule has 0 aliphatic carbocycles. The highest BCUT2D eigenvalue weighted by atomic mass is 16.5. The van der Waals surface area contributed by atoms with Crippen LogP contribution >= 0.6 is 0 Å². The lowest BCUT2D eigenvalue weighted by atomic mass is 9.89. The molecule has 0 radical (unpaired) electrons. The van der Waals surface area contributed by atoms with Crippen LogP contribution in [0.3, 0.4) is 0 Å². The van der Waals surface area contributed by atoms with E-state index in [1.165, 1.54) is 0 Å². The molecule has 1 unspecified atom stereocenters. The van der Waals surface area contributed by atoms with Gasteiger partial charge in [-0.05, 0) is 17.7 Å². The van der Waals surface area contributed by atoms with E-state index in [1.54, 1.807) is 42.5 Å². The number of carbonyl (C=O) groups excluding carboxylic acids is 4. The van der Waals surface area contributed by atoms with Gasteiger partial charge in [-0.15, -0.1) is 0 Å². The van der Waals surface area contributed by atoms with Crippen molar-refractivity contribution in [1.29, 1.82) is 0 Å². The predicted molar refractivity (Wildman–Crippen MR) is 121 cm³/mol. The molecule has 0 bridgehead atoms. The van der Waals surface area contributed by atoms with E-state index < -0.39 is 35.3 Å². The van der Waals surface area contributed by atoms with Gasteiger partial charge < -0.3 is 32.4 Å². The SMILES string of the molecule is NC(=O)C(Cc1ccccc1)(NC(=O)O)C(=O)NCCOc1ccccc1.NC(=O)CC(N)=O. The lowest BCUT2D eigenvalue weighted by Gasteiger charge is -2.29. The summed E-state index contributed by atoms with van der Waals surface area (Å²) in [6.45, 7) is 0.210. The van der Waals surface area contributed by atoms with Crippen LogP contribution in [0.1, 0.15) is 12.0 Å². The van der Waals surface area contributed by atoms with Crippen molar-refractivity contribution in [3.63, 3.8) is 0 Å². The van der Waals surface area contributed by atoms with Crippen molar-refractivity contribution in [3.05, 3.63) is 66.2 Å². The van der Waals surface area contributed by atoms with Gasteiger partial charge in [0.15, 0.2) is 0 Å². The third kappa shape index (κ3) is 9.68. The van der Waals surface area contributed by atoms with Gasteiger partial charge in [0.1, 0.15) is 18.8 Å². The first-order valence-electron chi connectivity index (χ1n) is 9.94. The molecule has 34 heavy (non-hydrogen) atoms. The third-order valence-electron chi connectivity index (χ3n) is 4.19. The molecule has 2 aromatic carbocycles. The summed E-state index contributed by atoms with van der Waals surface area (Å²) in [5.74, 6) is -2.67. The van der Waals surface area contributed by atoms with Crippen LogP contribution in [0.4, 0.5) is 4.79 Å². The van der Waals surface area contributed by atoms with Crippen LogP contribution in [-0.4, -0.2) is 53.5 Å². The monoisotopic (exact) mass is 473 g/mol. The summed E-state index contributed by atoms with van der Waals surface area (Å²) in [6, 6.07) is 17.5. The summed E-state index contributed by atoms with van der Waals surface area (Å²) in [6.07, 6.45) is -2.10. The van der Waals surface area contributed by atoms with Crippen molar-refractivity contribution < 1.29 is 33.8 Å². The minimum Gasteiger partial charge on any atom is -0.492 e. The number of para-hydroxylation sites is 1. The molecule has 0 saturated carbocycles. The molecule has 0 saturated heterocycles. The molecule has 0 aliphatic rings. The Hall–Kier alpha value is -4.61. The van der Waals surface area contributed by atoms with Gasteiger partial charge in [-0.2, -0.15) is 0 Å². The van der Waals surface area contributed by atoms with Gasteiger partial charge in [0.25, 0.3) is 11.8 Å². The van der Waals surface area contributed by atoms with Crippen molar-refractivity contribution in [3.8, 4) is 5.75 Å². The highest BCUT2D eigenvalue weighted by Gasteiger charge is 2.46. The normalized spacial score (nSPS) is 11.5. The summed E-state index contributed by atoms with van der Waals surface area (Å²) < 4.78 is 5.46. The van der Waals surface area contributed by atoms with Crippen LogP contribution in [0.15, 0.2) is 60.7 Å². The second-order valence-corrected chi connectivity index (χ2v) is 6.89. The van der Waals surface area contributed by atoms with E-state index in [4.69, 9.17) is 15.6 Å². The molecular formula is C22H27N5O7.